The van der Waals surface area contributed by atoms with E-state index in [4.69, 9.17) is 5.11 Å². The van der Waals surface area contributed by atoms with Crippen molar-refractivity contribution >= 4 is 26.8 Å². The highest BCUT2D eigenvalue weighted by Crippen LogP contribution is 2.15. The van der Waals surface area contributed by atoms with Gasteiger partial charge in [0.15, 0.2) is 0 Å². The number of benzene rings is 2. The molecule has 134 valence electrons. The fourth-order valence-corrected chi connectivity index (χ4v) is 3.52. The monoisotopic (exact) mass is 373 g/mol. The number of hydrogen-bond acceptors (Lipinski definition) is 5. The van der Waals surface area contributed by atoms with Crippen LogP contribution in [-0.2, 0) is 23.6 Å². The molecule has 3 rings (SSSR count). The summed E-state index contributed by atoms with van der Waals surface area (Å²) in [6.07, 6.45) is 0. The van der Waals surface area contributed by atoms with Gasteiger partial charge >= 0.3 is 5.97 Å². The van der Waals surface area contributed by atoms with Gasteiger partial charge in [0.2, 0.25) is 10.0 Å². The average Bonchev–Trinajstić information content (AvgIpc) is 2.63. The van der Waals surface area contributed by atoms with E-state index in [1.165, 1.54) is 31.3 Å². The summed E-state index contributed by atoms with van der Waals surface area (Å²) < 4.78 is 28.4. The van der Waals surface area contributed by atoms with Gasteiger partial charge < -0.3 is 5.11 Å². The zero-order valence-electron chi connectivity index (χ0n) is 13.7. The molecule has 0 aliphatic rings. The fourth-order valence-electron chi connectivity index (χ4n) is 2.53. The Hall–Kier alpha value is -3.04. The van der Waals surface area contributed by atoms with Crippen LogP contribution < -0.4 is 10.3 Å². The van der Waals surface area contributed by atoms with E-state index < -0.39 is 16.0 Å². The molecule has 0 saturated carbocycles. The van der Waals surface area contributed by atoms with Crippen molar-refractivity contribution in [3.05, 3.63) is 70.1 Å². The van der Waals surface area contributed by atoms with E-state index in [9.17, 15) is 18.0 Å². The predicted molar refractivity (Wildman–Crippen MR) is 94.4 cm³/mol. The minimum absolute atomic E-state index is 0.00494. The Balaban J connectivity index is 1.91. The van der Waals surface area contributed by atoms with Gasteiger partial charge in [-0.1, -0.05) is 18.2 Å². The molecule has 0 unspecified atom stereocenters. The van der Waals surface area contributed by atoms with Crippen LogP contribution in [-0.4, -0.2) is 29.3 Å². The van der Waals surface area contributed by atoms with Crippen molar-refractivity contribution in [3.8, 4) is 0 Å². The minimum Gasteiger partial charge on any atom is -0.478 e. The fraction of sp³-hybridized carbons (Fsp3) is 0.118. The highest BCUT2D eigenvalue weighted by Gasteiger charge is 2.16. The van der Waals surface area contributed by atoms with Crippen molar-refractivity contribution < 1.29 is 18.3 Å². The van der Waals surface area contributed by atoms with Crippen molar-refractivity contribution in [2.75, 3.05) is 0 Å². The maximum Gasteiger partial charge on any atom is 0.335 e. The summed E-state index contributed by atoms with van der Waals surface area (Å²) in [6.45, 7) is -0.113. The molecule has 0 aliphatic carbocycles. The normalized spacial score (nSPS) is 11.6. The number of carboxylic acid groups (broad SMARTS) is 1. The number of nitrogens with one attached hydrogen (secondary N) is 1. The third-order valence-corrected chi connectivity index (χ3v) is 5.29. The van der Waals surface area contributed by atoms with Gasteiger partial charge in [0, 0.05) is 12.4 Å². The van der Waals surface area contributed by atoms with Crippen LogP contribution >= 0.6 is 0 Å². The number of aryl methyl sites for hydroxylation is 1. The smallest absolute Gasteiger partial charge is 0.335 e. The number of hydrogen-bond donors (Lipinski definition) is 2. The van der Waals surface area contributed by atoms with Crippen molar-refractivity contribution in [3.63, 3.8) is 0 Å². The second kappa shape index (κ2) is 6.70. The molecule has 0 saturated heterocycles. The van der Waals surface area contributed by atoms with Crippen LogP contribution in [0.3, 0.4) is 0 Å². The highest BCUT2D eigenvalue weighted by atomic mass is 32.2. The zero-order valence-corrected chi connectivity index (χ0v) is 14.5. The van der Waals surface area contributed by atoms with Crippen molar-refractivity contribution in [2.45, 2.75) is 11.4 Å². The lowest BCUT2D eigenvalue weighted by molar-refractivity contribution is 0.0696. The van der Waals surface area contributed by atoms with E-state index >= 15 is 0 Å². The van der Waals surface area contributed by atoms with Crippen molar-refractivity contribution in [2.24, 2.45) is 7.05 Å². The molecule has 2 N–H and O–H groups in total. The number of aromatic nitrogens is 2. The number of rotatable bonds is 5. The molecule has 8 nitrogen and oxygen atoms in total. The van der Waals surface area contributed by atoms with Crippen LogP contribution in [0.25, 0.3) is 10.8 Å². The van der Waals surface area contributed by atoms with Gasteiger partial charge in [-0.2, -0.15) is 5.10 Å². The maximum absolute atomic E-state index is 12.4. The summed E-state index contributed by atoms with van der Waals surface area (Å²) >= 11 is 0. The first-order valence-electron chi connectivity index (χ1n) is 7.57. The number of nitrogens with zero attached hydrogens (tertiary/aromatic N) is 2. The van der Waals surface area contributed by atoms with Gasteiger partial charge in [-0.25, -0.2) is 22.6 Å². The van der Waals surface area contributed by atoms with Crippen LogP contribution in [0.5, 0.6) is 0 Å². The first kappa shape index (κ1) is 17.8. The van der Waals surface area contributed by atoms with Gasteiger partial charge in [-0.05, 0) is 30.3 Å². The summed E-state index contributed by atoms with van der Waals surface area (Å²) in [4.78, 5) is 22.9. The topological polar surface area (TPSA) is 118 Å². The quantitative estimate of drug-likeness (QED) is 0.692. The number of fused-ring (bicyclic) bond motifs is 1. The van der Waals surface area contributed by atoms with Crippen molar-refractivity contribution in [1.29, 1.82) is 0 Å². The van der Waals surface area contributed by atoms with Crippen LogP contribution in [0.2, 0.25) is 0 Å². The van der Waals surface area contributed by atoms with Gasteiger partial charge in [0.05, 0.1) is 28.1 Å². The van der Waals surface area contributed by atoms with E-state index in [1.807, 2.05) is 0 Å². The molecular formula is C17H15N3O5S. The second-order valence-electron chi connectivity index (χ2n) is 5.58. The second-order valence-corrected chi connectivity index (χ2v) is 7.34. The number of carbonyl (C=O) groups is 1. The molecule has 0 spiro atoms. The first-order valence-corrected chi connectivity index (χ1v) is 9.06. The minimum atomic E-state index is -3.86. The molecule has 1 aromatic heterocycles. The Bertz CT molecular complexity index is 1150. The molecule has 0 radical (unpaired) electrons. The molecule has 0 fully saturated rings. The standard InChI is InChI=1S/C17H15N3O5S/c1-20-16(21)14-5-3-2-4-13(14)15(19-20)10-18-26(24,25)12-8-6-11(7-9-12)17(22)23/h2-9,18H,10H2,1H3,(H,22,23). The predicted octanol–water partition coefficient (Wildman–Crippen LogP) is 1.11. The molecule has 3 aromatic rings. The van der Waals surface area contributed by atoms with Crippen LogP contribution in [0.1, 0.15) is 16.1 Å². The van der Waals surface area contributed by atoms with Crippen LogP contribution in [0.4, 0.5) is 0 Å². The molecule has 0 bridgehead atoms. The Morgan fingerprint density at radius 1 is 1.12 bits per heavy atom. The summed E-state index contributed by atoms with van der Waals surface area (Å²) in [5.41, 5.74) is 0.138. The van der Waals surface area contributed by atoms with E-state index in [2.05, 4.69) is 9.82 Å². The lowest BCUT2D eigenvalue weighted by Gasteiger charge is -2.10. The maximum atomic E-state index is 12.4. The van der Waals surface area contributed by atoms with E-state index in [0.717, 1.165) is 4.68 Å². The summed E-state index contributed by atoms with van der Waals surface area (Å²) in [6, 6.07) is 11.7. The third kappa shape index (κ3) is 3.35. The zero-order chi connectivity index (χ0) is 18.9. The number of sulfonamides is 1. The Morgan fingerprint density at radius 2 is 1.73 bits per heavy atom. The lowest BCUT2D eigenvalue weighted by Crippen LogP contribution is -2.27. The molecule has 9 heteroatoms. The summed E-state index contributed by atoms with van der Waals surface area (Å²) in [5, 5.41) is 14.0. The Kier molecular flexibility index (Phi) is 4.58. The van der Waals surface area contributed by atoms with Gasteiger partial charge in [0.1, 0.15) is 0 Å². The SMILES string of the molecule is Cn1nc(CNS(=O)(=O)c2ccc(C(=O)O)cc2)c2ccccc2c1=O. The first-order chi connectivity index (χ1) is 12.3. The van der Waals surface area contributed by atoms with E-state index in [0.29, 0.717) is 16.5 Å². The van der Waals surface area contributed by atoms with Crippen molar-refractivity contribution in [1.82, 2.24) is 14.5 Å². The molecule has 0 aliphatic heterocycles. The third-order valence-electron chi connectivity index (χ3n) is 3.87. The Morgan fingerprint density at radius 3 is 2.35 bits per heavy atom. The summed E-state index contributed by atoms with van der Waals surface area (Å²) in [7, 11) is -2.37. The number of carboxylic acids is 1. The average molecular weight is 373 g/mol. The van der Waals surface area contributed by atoms with Gasteiger partial charge in [-0.15, -0.1) is 0 Å². The molecule has 0 amide bonds. The van der Waals surface area contributed by atoms with E-state index in [1.54, 1.807) is 24.3 Å². The molecule has 2 aromatic carbocycles. The van der Waals surface area contributed by atoms with Crippen LogP contribution in [0.15, 0.2) is 58.2 Å². The van der Waals surface area contributed by atoms with Crippen LogP contribution in [0, 0.1) is 0 Å². The largest absolute Gasteiger partial charge is 0.478 e. The number of aromatic carboxylic acids is 1. The highest BCUT2D eigenvalue weighted by molar-refractivity contribution is 7.89. The Labute approximate surface area is 148 Å². The lowest BCUT2D eigenvalue weighted by atomic mass is 10.1. The van der Waals surface area contributed by atoms with E-state index in [-0.39, 0.29) is 22.6 Å². The molecular weight excluding hydrogens is 358 g/mol. The van der Waals surface area contributed by atoms with Gasteiger partial charge in [0.25, 0.3) is 5.56 Å². The molecule has 26 heavy (non-hydrogen) atoms. The molecule has 1 heterocycles. The molecule has 0 atom stereocenters. The summed E-state index contributed by atoms with van der Waals surface area (Å²) in [5.74, 6) is -1.14. The van der Waals surface area contributed by atoms with Gasteiger partial charge in [-0.3, -0.25) is 4.79 Å².